The van der Waals surface area contributed by atoms with Gasteiger partial charge in [-0.05, 0) is 17.6 Å². The molecule has 1 N–H and O–H groups in total. The molecule has 1 aliphatic heterocycles. The number of benzene rings is 1. The number of methoxy groups -OCH3 is 1. The Morgan fingerprint density at radius 2 is 1.78 bits per heavy atom. The van der Waals surface area contributed by atoms with E-state index in [9.17, 15) is 14.4 Å². The number of thiazole rings is 1. The fourth-order valence-corrected chi connectivity index (χ4v) is 4.55. The first-order valence-corrected chi connectivity index (χ1v) is 11.5. The number of carbonyl (C=O) groups excluding carboxylic acids is 3. The molecule has 183 valence electrons. The first-order valence-electron chi connectivity index (χ1n) is 10.6. The molecule has 0 aliphatic carbocycles. The van der Waals surface area contributed by atoms with Gasteiger partial charge in [0.25, 0.3) is 17.6 Å². The third-order valence-corrected chi connectivity index (χ3v) is 6.38. The van der Waals surface area contributed by atoms with E-state index in [-0.39, 0.29) is 64.7 Å². The third-order valence-electron chi connectivity index (χ3n) is 5.84. The quantitative estimate of drug-likeness (QED) is 0.222. The van der Waals surface area contributed by atoms with Gasteiger partial charge in [0.1, 0.15) is 5.75 Å². The van der Waals surface area contributed by atoms with Gasteiger partial charge in [0, 0.05) is 76.3 Å². The molecule has 1 aliphatic rings. The number of Topliss-reactive ketones (excluding diaryl/α,β-unsaturated/α-hetero) is 1. The number of fused-ring (bicyclic) bond motifs is 1. The molecule has 0 spiro atoms. The SMILES string of the molecule is COc1cnc(-c2cs[c-]n2)c2[nH]cc(C(=O)C(=O)N3CCN(C(=O)c4ccccc4)CC3)c12.[CH3-].[Y]. The summed E-state index contributed by atoms with van der Waals surface area (Å²) in [5.41, 5.74) is 5.33. The summed E-state index contributed by atoms with van der Waals surface area (Å²) in [6, 6.07) is 9.01. The maximum absolute atomic E-state index is 13.2. The van der Waals surface area contributed by atoms with Crippen LogP contribution in [0.5, 0.6) is 5.75 Å². The minimum absolute atomic E-state index is 0. The average Bonchev–Trinajstić information content (AvgIpc) is 3.58. The molecule has 9 nitrogen and oxygen atoms in total. The van der Waals surface area contributed by atoms with E-state index in [0.29, 0.717) is 46.7 Å². The van der Waals surface area contributed by atoms with Gasteiger partial charge < -0.3 is 31.9 Å². The molecule has 5 rings (SSSR count). The van der Waals surface area contributed by atoms with Gasteiger partial charge in [-0.25, -0.2) is 0 Å². The molecule has 4 aromatic rings. The van der Waals surface area contributed by atoms with E-state index in [4.69, 9.17) is 4.74 Å². The largest absolute Gasteiger partial charge is 0.494 e. The van der Waals surface area contributed by atoms with Gasteiger partial charge in [-0.3, -0.25) is 30.7 Å². The molecule has 1 fully saturated rings. The normalized spacial score (nSPS) is 13.0. The predicted octanol–water partition coefficient (Wildman–Crippen LogP) is 3.11. The average molecular weight is 578 g/mol. The molecule has 2 amide bonds. The van der Waals surface area contributed by atoms with Crippen molar-refractivity contribution in [2.75, 3.05) is 33.3 Å². The third kappa shape index (κ3) is 5.11. The Bertz CT molecular complexity index is 1370. The van der Waals surface area contributed by atoms with Gasteiger partial charge in [0.2, 0.25) is 0 Å². The van der Waals surface area contributed by atoms with Gasteiger partial charge in [0.05, 0.1) is 29.8 Å². The Morgan fingerprint density at radius 3 is 2.42 bits per heavy atom. The van der Waals surface area contributed by atoms with E-state index >= 15 is 0 Å². The second kappa shape index (κ2) is 11.9. The zero-order valence-electron chi connectivity index (χ0n) is 19.9. The number of ether oxygens (including phenoxy) is 1. The van der Waals surface area contributed by atoms with Gasteiger partial charge in [-0.2, -0.15) is 0 Å². The van der Waals surface area contributed by atoms with Crippen molar-refractivity contribution < 1.29 is 51.8 Å². The minimum atomic E-state index is -0.644. The number of hydrogen-bond donors (Lipinski definition) is 1. The summed E-state index contributed by atoms with van der Waals surface area (Å²) >= 11 is 1.31. The van der Waals surface area contributed by atoms with Gasteiger partial charge in [-0.15, -0.1) is 5.38 Å². The Balaban J connectivity index is 0.00000180. The number of rotatable bonds is 5. The molecule has 1 radical (unpaired) electrons. The van der Waals surface area contributed by atoms with E-state index in [1.54, 1.807) is 22.4 Å². The number of aromatic amines is 1. The van der Waals surface area contributed by atoms with Crippen LogP contribution in [0.4, 0.5) is 0 Å². The maximum Gasteiger partial charge on any atom is 0.295 e. The fourth-order valence-electron chi connectivity index (χ4n) is 4.07. The molecular formula is C25H23N5O4SY-2. The predicted molar refractivity (Wildman–Crippen MR) is 132 cm³/mol. The number of nitrogens with one attached hydrogen (secondary N) is 1. The number of hydrogen-bond acceptors (Lipinski definition) is 7. The molecule has 1 aromatic carbocycles. The van der Waals surface area contributed by atoms with Crippen LogP contribution in [0, 0.1) is 12.9 Å². The van der Waals surface area contributed by atoms with Crippen molar-refractivity contribution in [3.05, 3.63) is 72.2 Å². The van der Waals surface area contributed by atoms with Crippen LogP contribution in [0.1, 0.15) is 20.7 Å². The summed E-state index contributed by atoms with van der Waals surface area (Å²) in [6.45, 7) is 1.28. The standard InChI is InChI=1S/C24H20N5O4S.CH3.Y/c1-33-18-12-26-20(17-13-34-14-27-17)21-19(18)16(11-25-21)22(30)24(32)29-9-7-28(8-10-29)23(31)15-5-3-2-4-6-15;;/h2-6,11-13,25H,7-10H2,1H3;1H3;/q2*-1;. The van der Waals surface area contributed by atoms with Gasteiger partial charge in [0.15, 0.2) is 0 Å². The summed E-state index contributed by atoms with van der Waals surface area (Å²) in [7, 11) is 1.48. The van der Waals surface area contributed by atoms with Gasteiger partial charge in [-0.1, -0.05) is 23.9 Å². The van der Waals surface area contributed by atoms with Crippen molar-refractivity contribution in [2.24, 2.45) is 0 Å². The molecule has 0 bridgehead atoms. The van der Waals surface area contributed by atoms with Crippen LogP contribution in [0.15, 0.2) is 48.1 Å². The molecule has 1 saturated heterocycles. The van der Waals surface area contributed by atoms with Crippen LogP contribution in [0.2, 0.25) is 0 Å². The molecule has 4 heterocycles. The van der Waals surface area contributed by atoms with E-state index in [0.717, 1.165) is 0 Å². The maximum atomic E-state index is 13.2. The summed E-state index contributed by atoms with van der Waals surface area (Å²) in [4.78, 5) is 53.8. The van der Waals surface area contributed by atoms with E-state index in [1.807, 2.05) is 18.2 Å². The molecule has 11 heteroatoms. The Hall–Kier alpha value is -2.95. The van der Waals surface area contributed by atoms with E-state index in [2.05, 4.69) is 20.5 Å². The van der Waals surface area contributed by atoms with Crippen LogP contribution < -0.4 is 4.74 Å². The summed E-state index contributed by atoms with van der Waals surface area (Å²) < 4.78 is 5.43. The van der Waals surface area contributed by atoms with Crippen molar-refractivity contribution in [1.29, 1.82) is 0 Å². The molecule has 36 heavy (non-hydrogen) atoms. The van der Waals surface area contributed by atoms with E-state index < -0.39 is 11.7 Å². The topological polar surface area (TPSA) is 108 Å². The number of ketones is 1. The number of carbonyl (C=O) groups is 3. The van der Waals surface area contributed by atoms with Crippen molar-refractivity contribution in [2.45, 2.75) is 0 Å². The van der Waals surface area contributed by atoms with Crippen LogP contribution in [0.3, 0.4) is 0 Å². The van der Waals surface area contributed by atoms with Crippen LogP contribution in [-0.2, 0) is 37.5 Å². The molecule has 0 atom stereocenters. The smallest absolute Gasteiger partial charge is 0.295 e. The number of piperazine rings is 1. The van der Waals surface area contributed by atoms with Gasteiger partial charge >= 0.3 is 0 Å². The first kappa shape index (κ1) is 27.6. The second-order valence-electron chi connectivity index (χ2n) is 7.73. The zero-order chi connectivity index (χ0) is 23.7. The van der Waals surface area contributed by atoms with Crippen molar-refractivity contribution in [1.82, 2.24) is 24.8 Å². The monoisotopic (exact) mass is 578 g/mol. The van der Waals surface area contributed by atoms with E-state index in [1.165, 1.54) is 35.7 Å². The Kier molecular flexibility index (Phi) is 9.10. The summed E-state index contributed by atoms with van der Waals surface area (Å²) in [6.07, 6.45) is 3.02. The van der Waals surface area contributed by atoms with Crippen molar-refractivity contribution in [3.8, 4) is 17.1 Å². The number of H-pyrrole nitrogens is 1. The summed E-state index contributed by atoms with van der Waals surface area (Å²) in [5.74, 6) is -0.960. The second-order valence-corrected chi connectivity index (χ2v) is 8.39. The Morgan fingerprint density at radius 1 is 1.08 bits per heavy atom. The number of pyridine rings is 1. The van der Waals surface area contributed by atoms with Crippen LogP contribution in [-0.4, -0.2) is 75.6 Å². The van der Waals surface area contributed by atoms with Crippen molar-refractivity contribution >= 4 is 39.8 Å². The molecular weight excluding hydrogens is 555 g/mol. The zero-order valence-corrected chi connectivity index (χ0v) is 23.5. The summed E-state index contributed by atoms with van der Waals surface area (Å²) in [5, 5.41) is 2.29. The molecule has 3 aromatic heterocycles. The van der Waals surface area contributed by atoms with Crippen LogP contribution in [0.25, 0.3) is 22.3 Å². The first-order chi connectivity index (χ1) is 16.6. The number of nitrogens with zero attached hydrogens (tertiary/aromatic N) is 4. The van der Waals surface area contributed by atoms with Crippen LogP contribution >= 0.6 is 11.3 Å². The van der Waals surface area contributed by atoms with Crippen molar-refractivity contribution in [3.63, 3.8) is 0 Å². The number of amides is 2. The fraction of sp³-hybridized carbons (Fsp3) is 0.200. The minimum Gasteiger partial charge on any atom is -0.494 e. The number of aromatic nitrogens is 3. The molecule has 0 unspecified atom stereocenters. The molecule has 0 saturated carbocycles. The Labute approximate surface area is 237 Å².